The van der Waals surface area contributed by atoms with Crippen LogP contribution in [0, 0.1) is 0 Å². The molecule has 1 amide bonds. The second-order valence-electron chi connectivity index (χ2n) is 7.12. The Labute approximate surface area is 194 Å². The number of phenolic OH excluding ortho intramolecular Hbond substituents is 1. The minimum absolute atomic E-state index is 0.0553. The molecule has 0 saturated carbocycles. The van der Waals surface area contributed by atoms with Gasteiger partial charge in [-0.2, -0.15) is 0 Å². The van der Waals surface area contributed by atoms with Gasteiger partial charge in [-0.3, -0.25) is 9.59 Å². The van der Waals surface area contributed by atoms with Crippen molar-refractivity contribution >= 4 is 33.4 Å². The Balaban J connectivity index is 2.20. The summed E-state index contributed by atoms with van der Waals surface area (Å²) in [5.74, 6) is -1.29. The average molecular weight is 506 g/mol. The van der Waals surface area contributed by atoms with Gasteiger partial charge in [0, 0.05) is 25.8 Å². The topological polar surface area (TPSA) is 106 Å². The molecule has 1 fully saturated rings. The highest BCUT2D eigenvalue weighted by Crippen LogP contribution is 2.44. The van der Waals surface area contributed by atoms with Gasteiger partial charge in [0.1, 0.15) is 11.5 Å². The second kappa shape index (κ2) is 10.1. The third-order valence-electron chi connectivity index (χ3n) is 5.22. The first-order valence-electron chi connectivity index (χ1n) is 9.82. The summed E-state index contributed by atoms with van der Waals surface area (Å²) >= 11 is 3.29. The number of benzene rings is 2. The van der Waals surface area contributed by atoms with Gasteiger partial charge in [0.2, 0.25) is 0 Å². The predicted molar refractivity (Wildman–Crippen MR) is 121 cm³/mol. The zero-order valence-corrected chi connectivity index (χ0v) is 19.5. The fraction of sp³-hybridized carbons (Fsp3) is 0.304. The van der Waals surface area contributed by atoms with E-state index in [-0.39, 0.29) is 29.4 Å². The molecule has 9 heteroatoms. The van der Waals surface area contributed by atoms with Crippen LogP contribution in [0.1, 0.15) is 23.6 Å². The molecule has 2 aromatic rings. The predicted octanol–water partition coefficient (Wildman–Crippen LogP) is 3.63. The van der Waals surface area contributed by atoms with E-state index in [9.17, 15) is 19.8 Å². The van der Waals surface area contributed by atoms with Gasteiger partial charge in [-0.25, -0.2) is 0 Å². The number of carbonyl (C=O) groups is 2. The monoisotopic (exact) mass is 505 g/mol. The van der Waals surface area contributed by atoms with Crippen LogP contribution in [0.5, 0.6) is 17.2 Å². The number of methoxy groups -OCH3 is 3. The van der Waals surface area contributed by atoms with Gasteiger partial charge < -0.3 is 29.3 Å². The number of aliphatic hydroxyl groups is 1. The van der Waals surface area contributed by atoms with Gasteiger partial charge in [0.25, 0.3) is 11.7 Å². The lowest BCUT2D eigenvalue weighted by atomic mass is 9.95. The van der Waals surface area contributed by atoms with E-state index in [1.807, 2.05) is 0 Å². The highest BCUT2D eigenvalue weighted by Gasteiger charge is 2.46. The number of likely N-dealkylation sites (tertiary alicyclic amines) is 1. The fourth-order valence-electron chi connectivity index (χ4n) is 3.67. The molecule has 3 rings (SSSR count). The number of halogens is 1. The first kappa shape index (κ1) is 23.6. The molecule has 1 aliphatic heterocycles. The van der Waals surface area contributed by atoms with Crippen LogP contribution >= 0.6 is 15.9 Å². The first-order valence-corrected chi connectivity index (χ1v) is 10.6. The van der Waals surface area contributed by atoms with Crippen molar-refractivity contribution in [2.75, 3.05) is 34.5 Å². The maximum absolute atomic E-state index is 13.0. The van der Waals surface area contributed by atoms with Gasteiger partial charge in [0.15, 0.2) is 11.5 Å². The van der Waals surface area contributed by atoms with Crippen molar-refractivity contribution in [2.24, 2.45) is 0 Å². The van der Waals surface area contributed by atoms with Crippen molar-refractivity contribution in [1.82, 2.24) is 4.90 Å². The molecule has 1 atom stereocenters. The highest BCUT2D eigenvalue weighted by atomic mass is 79.9. The molecule has 1 aliphatic rings. The quantitative estimate of drug-likeness (QED) is 0.244. The fourth-order valence-corrected chi connectivity index (χ4v) is 4.13. The van der Waals surface area contributed by atoms with E-state index in [1.165, 1.54) is 19.1 Å². The minimum Gasteiger partial charge on any atom is -0.507 e. The summed E-state index contributed by atoms with van der Waals surface area (Å²) in [4.78, 5) is 27.4. The Kier molecular flexibility index (Phi) is 7.42. The molecule has 0 aliphatic carbocycles. The molecule has 1 unspecified atom stereocenters. The van der Waals surface area contributed by atoms with Crippen LogP contribution in [0.4, 0.5) is 0 Å². The van der Waals surface area contributed by atoms with Crippen molar-refractivity contribution in [3.05, 3.63) is 57.6 Å². The number of Topliss-reactive ketones (excluding diaryl/α,β-unsaturated/α-hetero) is 1. The Bertz CT molecular complexity index is 1070. The summed E-state index contributed by atoms with van der Waals surface area (Å²) in [6, 6.07) is 8.84. The third-order valence-corrected chi connectivity index (χ3v) is 5.82. The maximum Gasteiger partial charge on any atom is 0.295 e. The summed E-state index contributed by atoms with van der Waals surface area (Å²) in [6.07, 6.45) is 0.496. The Morgan fingerprint density at radius 3 is 2.53 bits per heavy atom. The normalized spacial score (nSPS) is 17.6. The Morgan fingerprint density at radius 2 is 1.88 bits per heavy atom. The zero-order chi connectivity index (χ0) is 23.4. The lowest BCUT2D eigenvalue weighted by Crippen LogP contribution is -2.31. The van der Waals surface area contributed by atoms with Crippen LogP contribution in [0.3, 0.4) is 0 Å². The maximum atomic E-state index is 13.0. The van der Waals surface area contributed by atoms with E-state index in [0.29, 0.717) is 34.4 Å². The minimum atomic E-state index is -0.885. The molecule has 0 aromatic heterocycles. The number of carbonyl (C=O) groups excluding carboxylic acids is 2. The van der Waals surface area contributed by atoms with E-state index in [0.717, 1.165) is 0 Å². The summed E-state index contributed by atoms with van der Waals surface area (Å²) in [6.45, 7) is 0.632. The smallest absolute Gasteiger partial charge is 0.295 e. The molecular formula is C23H24BrNO7. The van der Waals surface area contributed by atoms with Gasteiger partial charge in [0.05, 0.1) is 30.3 Å². The van der Waals surface area contributed by atoms with Gasteiger partial charge in [-0.15, -0.1) is 0 Å². The second-order valence-corrected chi connectivity index (χ2v) is 7.98. The van der Waals surface area contributed by atoms with Crippen molar-refractivity contribution < 1.29 is 34.0 Å². The van der Waals surface area contributed by atoms with Gasteiger partial charge in [-0.1, -0.05) is 12.1 Å². The number of nitrogens with zero attached hydrogens (tertiary/aromatic N) is 1. The van der Waals surface area contributed by atoms with Gasteiger partial charge >= 0.3 is 0 Å². The number of phenols is 1. The number of ketones is 1. The van der Waals surface area contributed by atoms with Crippen molar-refractivity contribution in [3.8, 4) is 17.2 Å². The first-order chi connectivity index (χ1) is 15.3. The largest absolute Gasteiger partial charge is 0.507 e. The van der Waals surface area contributed by atoms with E-state index in [1.54, 1.807) is 43.5 Å². The van der Waals surface area contributed by atoms with Crippen LogP contribution in [-0.4, -0.2) is 61.3 Å². The Morgan fingerprint density at radius 1 is 1.12 bits per heavy atom. The van der Waals surface area contributed by atoms with Crippen molar-refractivity contribution in [2.45, 2.75) is 12.5 Å². The lowest BCUT2D eigenvalue weighted by Gasteiger charge is -2.26. The van der Waals surface area contributed by atoms with Crippen LogP contribution < -0.4 is 9.47 Å². The summed E-state index contributed by atoms with van der Waals surface area (Å²) < 4.78 is 15.9. The van der Waals surface area contributed by atoms with E-state index in [2.05, 4.69) is 15.9 Å². The number of ether oxygens (including phenoxy) is 3. The molecular weight excluding hydrogens is 482 g/mol. The Hall–Kier alpha value is -3.04. The molecule has 2 N–H and O–H groups in total. The number of aromatic hydroxyl groups is 1. The lowest BCUT2D eigenvalue weighted by molar-refractivity contribution is -0.140. The molecule has 1 saturated heterocycles. The number of hydrogen-bond donors (Lipinski definition) is 2. The van der Waals surface area contributed by atoms with E-state index >= 15 is 0 Å². The van der Waals surface area contributed by atoms with E-state index in [4.69, 9.17) is 14.2 Å². The van der Waals surface area contributed by atoms with Crippen LogP contribution in [0.2, 0.25) is 0 Å². The van der Waals surface area contributed by atoms with Crippen LogP contribution in [0.15, 0.2) is 46.4 Å². The molecule has 2 aromatic carbocycles. The number of hydrogen-bond acceptors (Lipinski definition) is 7. The summed E-state index contributed by atoms with van der Waals surface area (Å²) in [7, 11) is 4.45. The number of rotatable bonds is 8. The number of amides is 1. The summed E-state index contributed by atoms with van der Waals surface area (Å²) in [5, 5.41) is 21.3. The van der Waals surface area contributed by atoms with Crippen molar-refractivity contribution in [3.63, 3.8) is 0 Å². The standard InChI is InChI=1S/C23H24BrNO7/c1-30-9-5-8-25-19(14-11-16(24)21(27)17(12-14)32-3)18(22(28)23(25)29)20(26)13-6-4-7-15(10-13)31-2/h4,6-7,10-12,19,26-27H,5,8-9H2,1-3H3/b20-18+. The molecule has 8 nitrogen and oxygen atoms in total. The SMILES string of the molecule is COCCCN1C(=O)C(=O)/C(=C(/O)c2cccc(OC)c2)C1c1cc(Br)c(O)c(OC)c1. The summed E-state index contributed by atoms with van der Waals surface area (Å²) in [5.41, 5.74) is 0.780. The molecule has 0 spiro atoms. The van der Waals surface area contributed by atoms with Crippen LogP contribution in [-0.2, 0) is 14.3 Å². The van der Waals surface area contributed by atoms with Crippen molar-refractivity contribution in [1.29, 1.82) is 0 Å². The van der Waals surface area contributed by atoms with Crippen LogP contribution in [0.25, 0.3) is 5.76 Å². The molecule has 170 valence electrons. The van der Waals surface area contributed by atoms with E-state index < -0.39 is 17.7 Å². The molecule has 1 heterocycles. The molecule has 0 radical (unpaired) electrons. The third kappa shape index (κ3) is 4.44. The zero-order valence-electron chi connectivity index (χ0n) is 17.9. The number of aliphatic hydroxyl groups excluding tert-OH is 1. The molecule has 32 heavy (non-hydrogen) atoms. The average Bonchev–Trinajstić information content (AvgIpc) is 3.05. The molecule has 0 bridgehead atoms. The highest BCUT2D eigenvalue weighted by molar-refractivity contribution is 9.10. The van der Waals surface area contributed by atoms with Gasteiger partial charge in [-0.05, 0) is 52.2 Å².